The quantitative estimate of drug-likeness (QED) is 0.906. The second kappa shape index (κ2) is 6.50. The lowest BCUT2D eigenvalue weighted by Crippen LogP contribution is -2.45. The van der Waals surface area contributed by atoms with Crippen LogP contribution in [0.2, 0.25) is 0 Å². The molecular formula is C15H21N5OS. The van der Waals surface area contributed by atoms with Crippen LogP contribution in [0.1, 0.15) is 17.4 Å². The SMILES string of the molecule is C[C@@H](CNC(=O)Nc1ccn(C)n1)N1CCc2sccc2C1. The lowest BCUT2D eigenvalue weighted by Gasteiger charge is -2.32. The van der Waals surface area contributed by atoms with Gasteiger partial charge in [-0.25, -0.2) is 4.79 Å². The number of aryl methyl sites for hydroxylation is 1. The van der Waals surface area contributed by atoms with Crippen LogP contribution in [-0.2, 0) is 20.0 Å². The summed E-state index contributed by atoms with van der Waals surface area (Å²) in [5, 5.41) is 11.9. The molecule has 0 saturated heterocycles. The number of nitrogens with zero attached hydrogens (tertiary/aromatic N) is 3. The number of aromatic nitrogens is 2. The monoisotopic (exact) mass is 319 g/mol. The molecule has 2 N–H and O–H groups in total. The van der Waals surface area contributed by atoms with Gasteiger partial charge in [0.05, 0.1) is 0 Å². The molecule has 0 unspecified atom stereocenters. The van der Waals surface area contributed by atoms with Gasteiger partial charge in [0.2, 0.25) is 0 Å². The van der Waals surface area contributed by atoms with Gasteiger partial charge in [-0.15, -0.1) is 11.3 Å². The van der Waals surface area contributed by atoms with E-state index in [4.69, 9.17) is 0 Å². The number of amides is 2. The Morgan fingerprint density at radius 1 is 1.50 bits per heavy atom. The topological polar surface area (TPSA) is 62.2 Å². The second-order valence-corrected chi connectivity index (χ2v) is 6.65. The number of nitrogens with one attached hydrogen (secondary N) is 2. The maximum atomic E-state index is 11.9. The van der Waals surface area contributed by atoms with Crippen LogP contribution in [-0.4, -0.2) is 39.8 Å². The van der Waals surface area contributed by atoms with Crippen molar-refractivity contribution in [1.82, 2.24) is 20.0 Å². The third-order valence-corrected chi connectivity index (χ3v) is 5.00. The minimum atomic E-state index is -0.209. The van der Waals surface area contributed by atoms with E-state index in [2.05, 4.69) is 39.0 Å². The summed E-state index contributed by atoms with van der Waals surface area (Å²) in [4.78, 5) is 15.8. The molecule has 2 amide bonds. The van der Waals surface area contributed by atoms with E-state index < -0.39 is 0 Å². The highest BCUT2D eigenvalue weighted by molar-refractivity contribution is 7.10. The summed E-state index contributed by atoms with van der Waals surface area (Å²) in [5.41, 5.74) is 1.43. The Hall–Kier alpha value is -1.86. The fourth-order valence-corrected chi connectivity index (χ4v) is 3.55. The van der Waals surface area contributed by atoms with E-state index in [0.29, 0.717) is 18.4 Å². The zero-order chi connectivity index (χ0) is 15.5. The first-order valence-corrected chi connectivity index (χ1v) is 8.33. The van der Waals surface area contributed by atoms with Crippen molar-refractivity contribution in [2.24, 2.45) is 7.05 Å². The maximum Gasteiger partial charge on any atom is 0.320 e. The average molecular weight is 319 g/mol. The predicted molar refractivity (Wildman–Crippen MR) is 88.1 cm³/mol. The smallest absolute Gasteiger partial charge is 0.320 e. The van der Waals surface area contributed by atoms with Crippen LogP contribution in [0, 0.1) is 0 Å². The zero-order valence-electron chi connectivity index (χ0n) is 12.9. The largest absolute Gasteiger partial charge is 0.336 e. The molecule has 0 spiro atoms. The standard InChI is InChI=1S/C15H21N5OS/c1-11(20-7-3-13-12(10-20)5-8-22-13)9-16-15(21)17-14-4-6-19(2)18-14/h4-6,8,11H,3,7,9-10H2,1-2H3,(H2,16,17,18,21)/t11-/m0/s1. The predicted octanol–water partition coefficient (Wildman–Crippen LogP) is 2.05. The Labute approximate surface area is 134 Å². The van der Waals surface area contributed by atoms with Crippen LogP contribution >= 0.6 is 11.3 Å². The molecule has 0 aliphatic carbocycles. The van der Waals surface area contributed by atoms with Gasteiger partial charge in [-0.1, -0.05) is 0 Å². The number of anilines is 1. The molecule has 1 aliphatic rings. The van der Waals surface area contributed by atoms with Gasteiger partial charge in [-0.05, 0) is 30.4 Å². The van der Waals surface area contributed by atoms with E-state index in [0.717, 1.165) is 19.5 Å². The van der Waals surface area contributed by atoms with E-state index in [-0.39, 0.29) is 6.03 Å². The van der Waals surface area contributed by atoms with Gasteiger partial charge in [0.1, 0.15) is 0 Å². The van der Waals surface area contributed by atoms with Crippen LogP contribution in [0.25, 0.3) is 0 Å². The molecule has 1 aliphatic heterocycles. The van der Waals surface area contributed by atoms with Gasteiger partial charge in [0.15, 0.2) is 5.82 Å². The number of rotatable bonds is 4. The molecule has 22 heavy (non-hydrogen) atoms. The molecule has 2 aromatic rings. The molecule has 0 aromatic carbocycles. The third-order valence-electron chi connectivity index (χ3n) is 3.97. The molecule has 0 bridgehead atoms. The number of thiophene rings is 1. The molecule has 0 fully saturated rings. The fraction of sp³-hybridized carbons (Fsp3) is 0.467. The van der Waals surface area contributed by atoms with Crippen molar-refractivity contribution >= 4 is 23.2 Å². The molecule has 118 valence electrons. The van der Waals surface area contributed by atoms with Gasteiger partial charge in [-0.2, -0.15) is 5.10 Å². The van der Waals surface area contributed by atoms with E-state index in [1.165, 1.54) is 10.4 Å². The number of hydrogen-bond acceptors (Lipinski definition) is 4. The van der Waals surface area contributed by atoms with E-state index in [1.54, 1.807) is 16.9 Å². The molecule has 2 aromatic heterocycles. The first-order chi connectivity index (χ1) is 10.6. The maximum absolute atomic E-state index is 11.9. The van der Waals surface area contributed by atoms with Crippen molar-refractivity contribution in [3.8, 4) is 0 Å². The van der Waals surface area contributed by atoms with Crippen molar-refractivity contribution in [3.05, 3.63) is 34.2 Å². The van der Waals surface area contributed by atoms with E-state index in [9.17, 15) is 4.79 Å². The van der Waals surface area contributed by atoms with Gasteiger partial charge in [0, 0.05) is 49.9 Å². The molecule has 3 heterocycles. The van der Waals surface area contributed by atoms with Crippen LogP contribution in [0.15, 0.2) is 23.7 Å². The highest BCUT2D eigenvalue weighted by atomic mass is 32.1. The Balaban J connectivity index is 1.46. The minimum Gasteiger partial charge on any atom is -0.336 e. The number of hydrogen-bond donors (Lipinski definition) is 2. The Bertz CT molecular complexity index is 650. The van der Waals surface area contributed by atoms with Crippen molar-refractivity contribution in [2.45, 2.75) is 25.9 Å². The van der Waals surface area contributed by atoms with Crippen LogP contribution in [0.4, 0.5) is 10.6 Å². The highest BCUT2D eigenvalue weighted by Gasteiger charge is 2.21. The van der Waals surface area contributed by atoms with Crippen LogP contribution in [0.3, 0.4) is 0 Å². The van der Waals surface area contributed by atoms with Crippen molar-refractivity contribution in [2.75, 3.05) is 18.4 Å². The summed E-state index contributed by atoms with van der Waals surface area (Å²) >= 11 is 1.85. The van der Waals surface area contributed by atoms with Gasteiger partial charge < -0.3 is 5.32 Å². The molecule has 1 atom stereocenters. The summed E-state index contributed by atoms with van der Waals surface area (Å²) in [6.07, 6.45) is 2.90. The summed E-state index contributed by atoms with van der Waals surface area (Å²) in [5.74, 6) is 0.563. The van der Waals surface area contributed by atoms with E-state index >= 15 is 0 Å². The third kappa shape index (κ3) is 3.48. The minimum absolute atomic E-state index is 0.209. The molecule has 6 nitrogen and oxygen atoms in total. The highest BCUT2D eigenvalue weighted by Crippen LogP contribution is 2.24. The number of carbonyl (C=O) groups is 1. The Morgan fingerprint density at radius 3 is 3.14 bits per heavy atom. The van der Waals surface area contributed by atoms with Crippen molar-refractivity contribution < 1.29 is 4.79 Å². The number of urea groups is 1. The fourth-order valence-electron chi connectivity index (χ4n) is 2.66. The first kappa shape index (κ1) is 15.1. The van der Waals surface area contributed by atoms with Crippen LogP contribution < -0.4 is 10.6 Å². The van der Waals surface area contributed by atoms with Gasteiger partial charge >= 0.3 is 6.03 Å². The molecule has 7 heteroatoms. The normalized spacial score (nSPS) is 16.1. The summed E-state index contributed by atoms with van der Waals surface area (Å²) in [6, 6.07) is 4.08. The first-order valence-electron chi connectivity index (χ1n) is 7.45. The van der Waals surface area contributed by atoms with E-state index in [1.807, 2.05) is 18.4 Å². The van der Waals surface area contributed by atoms with Crippen molar-refractivity contribution in [3.63, 3.8) is 0 Å². The molecule has 0 saturated carbocycles. The van der Waals surface area contributed by atoms with Crippen LogP contribution in [0.5, 0.6) is 0 Å². The van der Waals surface area contributed by atoms with Gasteiger partial charge in [-0.3, -0.25) is 14.9 Å². The summed E-state index contributed by atoms with van der Waals surface area (Å²) in [7, 11) is 1.82. The lowest BCUT2D eigenvalue weighted by atomic mass is 10.1. The summed E-state index contributed by atoms with van der Waals surface area (Å²) in [6.45, 7) is 4.80. The van der Waals surface area contributed by atoms with Gasteiger partial charge in [0.25, 0.3) is 0 Å². The molecular weight excluding hydrogens is 298 g/mol. The summed E-state index contributed by atoms with van der Waals surface area (Å²) < 4.78 is 1.66. The average Bonchev–Trinajstić information content (AvgIpc) is 3.12. The van der Waals surface area contributed by atoms with Crippen molar-refractivity contribution in [1.29, 1.82) is 0 Å². The zero-order valence-corrected chi connectivity index (χ0v) is 13.7. The Morgan fingerprint density at radius 2 is 2.36 bits per heavy atom. The lowest BCUT2D eigenvalue weighted by molar-refractivity contribution is 0.188. The second-order valence-electron chi connectivity index (χ2n) is 5.65. The molecule has 3 rings (SSSR count). The number of fused-ring (bicyclic) bond motifs is 1. The Kier molecular flexibility index (Phi) is 4.44. The number of carbonyl (C=O) groups excluding carboxylic acids is 1. The molecule has 0 radical (unpaired) electrons.